The van der Waals surface area contributed by atoms with E-state index < -0.39 is 0 Å². The molecule has 0 fully saturated rings. The monoisotopic (exact) mass is 272 g/mol. The van der Waals surface area contributed by atoms with Gasteiger partial charge in [0.25, 0.3) is 0 Å². The summed E-state index contributed by atoms with van der Waals surface area (Å²) in [6.07, 6.45) is 0.432. The van der Waals surface area contributed by atoms with E-state index in [0.29, 0.717) is 43.4 Å². The maximum atomic E-state index is 11.6. The van der Waals surface area contributed by atoms with Crippen molar-refractivity contribution in [3.63, 3.8) is 0 Å². The number of hydrogen-bond donors (Lipinski definition) is 2. The fourth-order valence-corrected chi connectivity index (χ4v) is 1.62. The molecule has 1 aromatic carbocycles. The molecule has 1 heterocycles. The molecule has 0 radical (unpaired) electrons. The SMILES string of the molecule is CNCCC(=O)Nc1cccc2c1OCCO2.Cl. The van der Waals surface area contributed by atoms with Crippen LogP contribution in [0.3, 0.4) is 0 Å². The van der Waals surface area contributed by atoms with E-state index in [4.69, 9.17) is 9.47 Å². The third kappa shape index (κ3) is 3.51. The van der Waals surface area contributed by atoms with Gasteiger partial charge in [0.05, 0.1) is 5.69 Å². The summed E-state index contributed by atoms with van der Waals surface area (Å²) in [5.41, 5.74) is 0.670. The highest BCUT2D eigenvalue weighted by Gasteiger charge is 2.16. The molecule has 0 aliphatic carbocycles. The number of carbonyl (C=O) groups excluding carboxylic acids is 1. The van der Waals surface area contributed by atoms with Gasteiger partial charge < -0.3 is 20.1 Å². The maximum absolute atomic E-state index is 11.6. The molecule has 0 atom stereocenters. The Hall–Kier alpha value is -1.46. The van der Waals surface area contributed by atoms with Gasteiger partial charge in [0.1, 0.15) is 13.2 Å². The van der Waals surface area contributed by atoms with Crippen LogP contribution in [-0.2, 0) is 4.79 Å². The molecule has 1 amide bonds. The predicted molar refractivity (Wildman–Crippen MR) is 71.9 cm³/mol. The van der Waals surface area contributed by atoms with E-state index >= 15 is 0 Å². The molecule has 1 aromatic rings. The van der Waals surface area contributed by atoms with Gasteiger partial charge in [0, 0.05) is 13.0 Å². The Morgan fingerprint density at radius 1 is 1.33 bits per heavy atom. The lowest BCUT2D eigenvalue weighted by molar-refractivity contribution is -0.116. The Labute approximate surface area is 112 Å². The summed E-state index contributed by atoms with van der Waals surface area (Å²) in [4.78, 5) is 11.6. The van der Waals surface area contributed by atoms with Gasteiger partial charge >= 0.3 is 0 Å². The lowest BCUT2D eigenvalue weighted by atomic mass is 10.2. The summed E-state index contributed by atoms with van der Waals surface area (Å²) in [7, 11) is 1.81. The second-order valence-corrected chi connectivity index (χ2v) is 3.73. The maximum Gasteiger partial charge on any atom is 0.225 e. The first kappa shape index (κ1) is 14.6. The Kier molecular flexibility index (Phi) is 5.74. The van der Waals surface area contributed by atoms with Crippen LogP contribution in [0.4, 0.5) is 5.69 Å². The van der Waals surface area contributed by atoms with Crippen LogP contribution >= 0.6 is 12.4 Å². The smallest absolute Gasteiger partial charge is 0.225 e. The van der Waals surface area contributed by atoms with Crippen molar-refractivity contribution in [1.82, 2.24) is 5.32 Å². The Balaban J connectivity index is 0.00000162. The third-order valence-electron chi connectivity index (χ3n) is 2.44. The van der Waals surface area contributed by atoms with Crippen molar-refractivity contribution in [2.45, 2.75) is 6.42 Å². The number of halogens is 1. The highest BCUT2D eigenvalue weighted by Crippen LogP contribution is 2.37. The van der Waals surface area contributed by atoms with Gasteiger partial charge in [-0.25, -0.2) is 0 Å². The molecule has 2 rings (SSSR count). The number of anilines is 1. The van der Waals surface area contributed by atoms with E-state index in [9.17, 15) is 4.79 Å². The van der Waals surface area contributed by atoms with E-state index in [1.165, 1.54) is 0 Å². The first-order chi connectivity index (χ1) is 8.31. The molecule has 0 saturated heterocycles. The van der Waals surface area contributed by atoms with Crippen LogP contribution < -0.4 is 20.1 Å². The number of nitrogens with one attached hydrogen (secondary N) is 2. The topological polar surface area (TPSA) is 59.6 Å². The molecule has 100 valence electrons. The fourth-order valence-electron chi connectivity index (χ4n) is 1.62. The zero-order chi connectivity index (χ0) is 12.1. The van der Waals surface area contributed by atoms with Crippen molar-refractivity contribution < 1.29 is 14.3 Å². The molecule has 0 bridgehead atoms. The van der Waals surface area contributed by atoms with Gasteiger partial charge in [0.2, 0.25) is 5.91 Å². The van der Waals surface area contributed by atoms with Crippen molar-refractivity contribution in [3.05, 3.63) is 18.2 Å². The zero-order valence-corrected chi connectivity index (χ0v) is 11.0. The summed E-state index contributed by atoms with van der Waals surface area (Å²) >= 11 is 0. The lowest BCUT2D eigenvalue weighted by Crippen LogP contribution is -2.21. The van der Waals surface area contributed by atoms with E-state index in [0.717, 1.165) is 0 Å². The largest absolute Gasteiger partial charge is 0.486 e. The molecule has 18 heavy (non-hydrogen) atoms. The minimum Gasteiger partial charge on any atom is -0.486 e. The summed E-state index contributed by atoms with van der Waals surface area (Å²) in [5, 5.41) is 5.75. The summed E-state index contributed by atoms with van der Waals surface area (Å²) in [6, 6.07) is 5.48. The molecular weight excluding hydrogens is 256 g/mol. The lowest BCUT2D eigenvalue weighted by Gasteiger charge is -2.21. The minimum atomic E-state index is -0.0399. The number of ether oxygens (including phenoxy) is 2. The number of rotatable bonds is 4. The van der Waals surface area contributed by atoms with Crippen molar-refractivity contribution in [2.24, 2.45) is 0 Å². The summed E-state index contributed by atoms with van der Waals surface area (Å²) in [6.45, 7) is 1.71. The number of amides is 1. The van der Waals surface area contributed by atoms with Crippen LogP contribution in [0.25, 0.3) is 0 Å². The van der Waals surface area contributed by atoms with Crippen LogP contribution in [-0.4, -0.2) is 32.7 Å². The molecule has 6 heteroatoms. The van der Waals surface area contributed by atoms with Gasteiger partial charge in [-0.3, -0.25) is 4.79 Å². The molecule has 0 saturated carbocycles. The normalized spacial score (nSPS) is 12.5. The highest BCUT2D eigenvalue weighted by atomic mass is 35.5. The average Bonchev–Trinajstić information content (AvgIpc) is 2.37. The molecule has 1 aliphatic heterocycles. The van der Waals surface area contributed by atoms with E-state index in [1.54, 1.807) is 0 Å². The van der Waals surface area contributed by atoms with Crippen LogP contribution in [0.1, 0.15) is 6.42 Å². The van der Waals surface area contributed by atoms with E-state index in [2.05, 4.69) is 10.6 Å². The van der Waals surface area contributed by atoms with Gasteiger partial charge in [-0.15, -0.1) is 12.4 Å². The van der Waals surface area contributed by atoms with Crippen LogP contribution in [0.15, 0.2) is 18.2 Å². The number of benzene rings is 1. The number of hydrogen-bond acceptors (Lipinski definition) is 4. The van der Waals surface area contributed by atoms with Gasteiger partial charge in [-0.2, -0.15) is 0 Å². The van der Waals surface area contributed by atoms with Crippen LogP contribution in [0.2, 0.25) is 0 Å². The number of fused-ring (bicyclic) bond motifs is 1. The second-order valence-electron chi connectivity index (χ2n) is 3.73. The molecule has 1 aliphatic rings. The first-order valence-corrected chi connectivity index (χ1v) is 5.64. The van der Waals surface area contributed by atoms with Gasteiger partial charge in [-0.1, -0.05) is 6.07 Å². The van der Waals surface area contributed by atoms with Crippen molar-refractivity contribution in [1.29, 1.82) is 0 Å². The standard InChI is InChI=1S/C12H16N2O3.ClH/c1-13-6-5-11(15)14-9-3-2-4-10-12(9)17-8-7-16-10;/h2-4,13H,5-8H2,1H3,(H,14,15);1H. The van der Waals surface area contributed by atoms with Gasteiger partial charge in [-0.05, 0) is 19.2 Å². The highest BCUT2D eigenvalue weighted by molar-refractivity contribution is 5.93. The molecule has 0 unspecified atom stereocenters. The summed E-state index contributed by atoms with van der Waals surface area (Å²) in [5.74, 6) is 1.26. The number of carbonyl (C=O) groups is 1. The van der Waals surface area contributed by atoms with E-state index in [1.807, 2.05) is 25.2 Å². The Morgan fingerprint density at radius 2 is 2.11 bits per heavy atom. The minimum absolute atomic E-state index is 0. The van der Waals surface area contributed by atoms with Gasteiger partial charge in [0.15, 0.2) is 11.5 Å². The van der Waals surface area contributed by atoms with Crippen molar-refractivity contribution in [3.8, 4) is 11.5 Å². The summed E-state index contributed by atoms with van der Waals surface area (Å²) < 4.78 is 10.9. The predicted octanol–water partition coefficient (Wildman–Crippen LogP) is 1.43. The first-order valence-electron chi connectivity index (χ1n) is 5.64. The molecule has 2 N–H and O–H groups in total. The number of para-hydroxylation sites is 1. The Bertz CT molecular complexity index is 412. The van der Waals surface area contributed by atoms with Crippen molar-refractivity contribution >= 4 is 24.0 Å². The molecule has 0 spiro atoms. The third-order valence-corrected chi connectivity index (χ3v) is 2.44. The quantitative estimate of drug-likeness (QED) is 0.871. The fraction of sp³-hybridized carbons (Fsp3) is 0.417. The molecule has 0 aromatic heterocycles. The molecular formula is C12H17ClN2O3. The molecule has 5 nitrogen and oxygen atoms in total. The van der Waals surface area contributed by atoms with Crippen LogP contribution in [0, 0.1) is 0 Å². The van der Waals surface area contributed by atoms with Crippen molar-refractivity contribution in [2.75, 3.05) is 32.1 Å². The Morgan fingerprint density at radius 3 is 2.89 bits per heavy atom. The van der Waals surface area contributed by atoms with E-state index in [-0.39, 0.29) is 18.3 Å². The average molecular weight is 273 g/mol. The zero-order valence-electron chi connectivity index (χ0n) is 10.2. The second kappa shape index (κ2) is 7.08. The van der Waals surface area contributed by atoms with Crippen LogP contribution in [0.5, 0.6) is 11.5 Å².